The van der Waals surface area contributed by atoms with E-state index >= 15 is 0 Å². The molecule has 0 aliphatic rings. The van der Waals surface area contributed by atoms with Crippen LogP contribution in [-0.2, 0) is 6.61 Å². The van der Waals surface area contributed by atoms with Gasteiger partial charge in [0, 0.05) is 11.8 Å². The summed E-state index contributed by atoms with van der Waals surface area (Å²) in [6.07, 6.45) is 0. The number of rotatable bonds is 3. The monoisotopic (exact) mass is 329 g/mol. The van der Waals surface area contributed by atoms with E-state index in [0.29, 0.717) is 17.0 Å². The van der Waals surface area contributed by atoms with E-state index < -0.39 is 5.82 Å². The van der Waals surface area contributed by atoms with E-state index in [1.807, 2.05) is 0 Å². The van der Waals surface area contributed by atoms with Crippen molar-refractivity contribution in [1.82, 2.24) is 0 Å². The van der Waals surface area contributed by atoms with Gasteiger partial charge in [0.1, 0.15) is 18.2 Å². The Morgan fingerprint density at radius 2 is 2.00 bits per heavy atom. The average molecular weight is 331 g/mol. The second-order valence-electron chi connectivity index (χ2n) is 3.73. The van der Waals surface area contributed by atoms with Crippen molar-refractivity contribution in [2.45, 2.75) is 6.61 Å². The molecule has 0 spiro atoms. The first-order valence-corrected chi connectivity index (χ1v) is 6.35. The van der Waals surface area contributed by atoms with Crippen molar-refractivity contribution in [3.8, 4) is 5.75 Å². The zero-order valence-electron chi connectivity index (χ0n) is 9.29. The lowest BCUT2D eigenvalue weighted by molar-refractivity contribution is 0.304. The predicted octanol–water partition coefficient (Wildman–Crippen LogP) is 4.40. The lowest BCUT2D eigenvalue weighted by Crippen LogP contribution is -1.97. The fraction of sp³-hybridized carbons (Fsp3) is 0.0769. The molecule has 0 fully saturated rings. The Labute approximate surface area is 118 Å². The lowest BCUT2D eigenvalue weighted by Gasteiger charge is -2.09. The molecule has 0 bridgehead atoms. The highest BCUT2D eigenvalue weighted by Gasteiger charge is 2.04. The van der Waals surface area contributed by atoms with Crippen LogP contribution in [0.3, 0.4) is 0 Å². The number of ether oxygens (including phenoxy) is 1. The zero-order valence-corrected chi connectivity index (χ0v) is 11.6. The Hall–Kier alpha value is -1.26. The van der Waals surface area contributed by atoms with Gasteiger partial charge in [-0.2, -0.15) is 0 Å². The van der Waals surface area contributed by atoms with Crippen molar-refractivity contribution in [2.75, 3.05) is 5.73 Å². The Kier molecular flexibility index (Phi) is 4.09. The first-order valence-electron chi connectivity index (χ1n) is 5.18. The lowest BCUT2D eigenvalue weighted by atomic mass is 10.2. The van der Waals surface area contributed by atoms with Crippen LogP contribution in [-0.4, -0.2) is 0 Å². The Morgan fingerprint density at radius 3 is 2.72 bits per heavy atom. The van der Waals surface area contributed by atoms with Gasteiger partial charge in [0.15, 0.2) is 0 Å². The quantitative estimate of drug-likeness (QED) is 0.846. The van der Waals surface area contributed by atoms with E-state index in [0.717, 1.165) is 4.47 Å². The average Bonchev–Trinajstić information content (AvgIpc) is 2.34. The standard InChI is InChI=1S/C13H10BrClFNO/c14-10-3-2-9(17)6-13(10)18-7-8-1-4-11(15)12(16)5-8/h1-6H,7,17H2. The molecule has 0 radical (unpaired) electrons. The molecule has 0 saturated heterocycles. The maximum atomic E-state index is 13.2. The smallest absolute Gasteiger partial charge is 0.142 e. The summed E-state index contributed by atoms with van der Waals surface area (Å²) in [5, 5.41) is 0.101. The summed E-state index contributed by atoms with van der Waals surface area (Å²) in [5.74, 6) is 0.162. The molecule has 0 saturated carbocycles. The third-order valence-corrected chi connectivity index (χ3v) is 3.30. The maximum Gasteiger partial charge on any atom is 0.142 e. The largest absolute Gasteiger partial charge is 0.488 e. The van der Waals surface area contributed by atoms with Crippen LogP contribution in [0.15, 0.2) is 40.9 Å². The zero-order chi connectivity index (χ0) is 13.1. The number of halogens is 3. The van der Waals surface area contributed by atoms with Gasteiger partial charge in [0.05, 0.1) is 9.50 Å². The van der Waals surface area contributed by atoms with Crippen LogP contribution in [0.4, 0.5) is 10.1 Å². The highest BCUT2D eigenvalue weighted by atomic mass is 79.9. The van der Waals surface area contributed by atoms with Crippen LogP contribution in [0.2, 0.25) is 5.02 Å². The second-order valence-corrected chi connectivity index (χ2v) is 4.99. The van der Waals surface area contributed by atoms with E-state index in [9.17, 15) is 4.39 Å². The molecule has 0 aliphatic carbocycles. The molecule has 0 atom stereocenters. The van der Waals surface area contributed by atoms with E-state index in [2.05, 4.69) is 15.9 Å². The van der Waals surface area contributed by atoms with Crippen molar-refractivity contribution in [1.29, 1.82) is 0 Å². The third kappa shape index (κ3) is 3.15. The molecule has 2 N–H and O–H groups in total. The van der Waals surface area contributed by atoms with Gasteiger partial charge in [0.2, 0.25) is 0 Å². The van der Waals surface area contributed by atoms with Crippen molar-refractivity contribution in [3.05, 3.63) is 57.3 Å². The summed E-state index contributed by atoms with van der Waals surface area (Å²) in [6.45, 7) is 0.246. The van der Waals surface area contributed by atoms with Gasteiger partial charge < -0.3 is 10.5 Å². The molecular weight excluding hydrogens is 321 g/mol. The summed E-state index contributed by atoms with van der Waals surface area (Å²) in [6, 6.07) is 9.83. The fourth-order valence-electron chi connectivity index (χ4n) is 1.42. The van der Waals surface area contributed by atoms with E-state index in [4.69, 9.17) is 22.1 Å². The molecule has 18 heavy (non-hydrogen) atoms. The molecule has 0 heterocycles. The van der Waals surface area contributed by atoms with Crippen molar-refractivity contribution >= 4 is 33.2 Å². The molecule has 2 aromatic carbocycles. The first-order chi connectivity index (χ1) is 8.56. The summed E-state index contributed by atoms with van der Waals surface area (Å²) in [4.78, 5) is 0. The van der Waals surface area contributed by atoms with Gasteiger partial charge in [-0.05, 0) is 45.8 Å². The number of hydrogen-bond donors (Lipinski definition) is 1. The van der Waals surface area contributed by atoms with Crippen LogP contribution in [0.25, 0.3) is 0 Å². The number of nitrogen functional groups attached to an aromatic ring is 1. The first kappa shape index (κ1) is 13.2. The van der Waals surface area contributed by atoms with Crippen molar-refractivity contribution < 1.29 is 9.13 Å². The Balaban J connectivity index is 2.11. The Morgan fingerprint density at radius 1 is 1.22 bits per heavy atom. The summed E-state index contributed by atoms with van der Waals surface area (Å²) in [5.41, 5.74) is 6.97. The maximum absolute atomic E-state index is 13.2. The highest BCUT2D eigenvalue weighted by Crippen LogP contribution is 2.28. The van der Waals surface area contributed by atoms with Crippen LogP contribution in [0.1, 0.15) is 5.56 Å². The van der Waals surface area contributed by atoms with Gasteiger partial charge in [-0.25, -0.2) is 4.39 Å². The number of nitrogens with two attached hydrogens (primary N) is 1. The topological polar surface area (TPSA) is 35.2 Å². The van der Waals surface area contributed by atoms with E-state index in [1.54, 1.807) is 24.3 Å². The highest BCUT2D eigenvalue weighted by molar-refractivity contribution is 9.10. The van der Waals surface area contributed by atoms with Crippen LogP contribution in [0.5, 0.6) is 5.75 Å². The molecule has 2 nitrogen and oxygen atoms in total. The van der Waals surface area contributed by atoms with Gasteiger partial charge in [-0.15, -0.1) is 0 Å². The molecule has 0 aromatic heterocycles. The molecule has 2 aromatic rings. The normalized spacial score (nSPS) is 10.4. The molecule has 0 aliphatic heterocycles. The SMILES string of the molecule is Nc1ccc(Br)c(OCc2ccc(Cl)c(F)c2)c1. The van der Waals surface area contributed by atoms with Crippen LogP contribution >= 0.6 is 27.5 Å². The van der Waals surface area contributed by atoms with Crippen LogP contribution < -0.4 is 10.5 Å². The van der Waals surface area contributed by atoms with Gasteiger partial charge >= 0.3 is 0 Å². The number of benzene rings is 2. The summed E-state index contributed by atoms with van der Waals surface area (Å²) >= 11 is 8.96. The molecule has 94 valence electrons. The molecule has 0 amide bonds. The molecule has 5 heteroatoms. The minimum absolute atomic E-state index is 0.101. The van der Waals surface area contributed by atoms with Crippen molar-refractivity contribution in [2.24, 2.45) is 0 Å². The van der Waals surface area contributed by atoms with E-state index in [-0.39, 0.29) is 11.6 Å². The van der Waals surface area contributed by atoms with Gasteiger partial charge in [0.25, 0.3) is 0 Å². The molecular formula is C13H10BrClFNO. The van der Waals surface area contributed by atoms with E-state index in [1.165, 1.54) is 12.1 Å². The van der Waals surface area contributed by atoms with Gasteiger partial charge in [-0.3, -0.25) is 0 Å². The minimum Gasteiger partial charge on any atom is -0.488 e. The predicted molar refractivity (Wildman–Crippen MR) is 74.3 cm³/mol. The van der Waals surface area contributed by atoms with Crippen molar-refractivity contribution in [3.63, 3.8) is 0 Å². The summed E-state index contributed by atoms with van der Waals surface area (Å²) in [7, 11) is 0. The fourth-order valence-corrected chi connectivity index (χ4v) is 1.90. The molecule has 2 rings (SSSR count). The summed E-state index contributed by atoms with van der Waals surface area (Å²) < 4.78 is 19.6. The van der Waals surface area contributed by atoms with Gasteiger partial charge in [-0.1, -0.05) is 17.7 Å². The van der Waals surface area contributed by atoms with Crippen LogP contribution in [0, 0.1) is 5.82 Å². The molecule has 0 unspecified atom stereocenters. The Bertz CT molecular complexity index is 577. The number of hydrogen-bond acceptors (Lipinski definition) is 2. The second kappa shape index (κ2) is 5.59. The number of anilines is 1. The minimum atomic E-state index is -0.454. The third-order valence-electron chi connectivity index (χ3n) is 2.33.